The van der Waals surface area contributed by atoms with E-state index < -0.39 is 5.60 Å². The third kappa shape index (κ3) is 5.24. The van der Waals surface area contributed by atoms with Crippen molar-refractivity contribution >= 4 is 35.6 Å². The lowest BCUT2D eigenvalue weighted by Crippen LogP contribution is -2.51. The van der Waals surface area contributed by atoms with Crippen molar-refractivity contribution in [2.45, 2.75) is 32.3 Å². The summed E-state index contributed by atoms with van der Waals surface area (Å²) >= 11 is 6.23. The average molecular weight is 377 g/mol. The molecule has 0 bridgehead atoms. The largest absolute Gasteiger partial charge is 0.492 e. The molecule has 0 unspecified atom stereocenters. The Morgan fingerprint density at radius 2 is 2.04 bits per heavy atom. The van der Waals surface area contributed by atoms with Crippen LogP contribution in [0.1, 0.15) is 26.7 Å². The highest BCUT2D eigenvalue weighted by molar-refractivity contribution is 6.32. The molecule has 136 valence electrons. The smallest absolute Gasteiger partial charge is 0.256 e. The number of halogens is 2. The quantitative estimate of drug-likeness (QED) is 0.797. The maximum absolute atomic E-state index is 12.6. The van der Waals surface area contributed by atoms with Crippen molar-refractivity contribution in [3.63, 3.8) is 0 Å². The minimum Gasteiger partial charge on any atom is -0.492 e. The molecule has 1 aromatic rings. The molecule has 1 aliphatic rings. The van der Waals surface area contributed by atoms with Crippen LogP contribution in [0.5, 0.6) is 5.75 Å². The van der Waals surface area contributed by atoms with Crippen LogP contribution < -0.4 is 15.4 Å². The number of benzene rings is 1. The van der Waals surface area contributed by atoms with Crippen molar-refractivity contribution < 1.29 is 14.3 Å². The van der Waals surface area contributed by atoms with Gasteiger partial charge in [-0.1, -0.05) is 25.4 Å². The molecular weight excluding hydrogens is 351 g/mol. The Labute approximate surface area is 154 Å². The molecule has 1 aromatic carbocycles. The van der Waals surface area contributed by atoms with Crippen LogP contribution >= 0.6 is 24.0 Å². The van der Waals surface area contributed by atoms with E-state index in [-0.39, 0.29) is 18.3 Å². The van der Waals surface area contributed by atoms with Gasteiger partial charge >= 0.3 is 0 Å². The van der Waals surface area contributed by atoms with Crippen LogP contribution in [0, 0.1) is 5.92 Å². The molecule has 0 aliphatic carbocycles. The summed E-state index contributed by atoms with van der Waals surface area (Å²) in [6.45, 7) is 6.29. The van der Waals surface area contributed by atoms with E-state index in [1.165, 1.54) is 0 Å². The molecule has 1 saturated heterocycles. The van der Waals surface area contributed by atoms with Crippen molar-refractivity contribution in [2.24, 2.45) is 5.92 Å². The molecule has 7 heteroatoms. The third-order valence-corrected chi connectivity index (χ3v) is 4.27. The van der Waals surface area contributed by atoms with Gasteiger partial charge in [-0.3, -0.25) is 4.79 Å². The minimum atomic E-state index is -0.773. The fourth-order valence-corrected chi connectivity index (χ4v) is 2.79. The summed E-state index contributed by atoms with van der Waals surface area (Å²) < 4.78 is 11.2. The molecule has 1 heterocycles. The Morgan fingerprint density at radius 1 is 1.38 bits per heavy atom. The van der Waals surface area contributed by atoms with Crippen molar-refractivity contribution in [3.8, 4) is 5.75 Å². The Kier molecular flexibility index (Phi) is 8.30. The molecule has 24 heavy (non-hydrogen) atoms. The van der Waals surface area contributed by atoms with Gasteiger partial charge in [0.05, 0.1) is 11.6 Å². The number of methoxy groups -OCH3 is 1. The van der Waals surface area contributed by atoms with Crippen LogP contribution in [0.25, 0.3) is 0 Å². The van der Waals surface area contributed by atoms with Gasteiger partial charge < -0.3 is 20.1 Å². The van der Waals surface area contributed by atoms with Gasteiger partial charge in [0.1, 0.15) is 11.4 Å². The maximum atomic E-state index is 12.6. The number of nitrogens with one attached hydrogen (secondary N) is 2. The molecule has 0 atom stereocenters. The van der Waals surface area contributed by atoms with Gasteiger partial charge in [-0.2, -0.15) is 0 Å². The Balaban J connectivity index is 0.00000288. The Morgan fingerprint density at radius 3 is 2.58 bits per heavy atom. The Hall–Kier alpha value is -1.01. The Bertz CT molecular complexity index is 547. The van der Waals surface area contributed by atoms with E-state index in [1.54, 1.807) is 25.3 Å². The summed E-state index contributed by atoms with van der Waals surface area (Å²) in [6, 6.07) is 5.28. The lowest BCUT2D eigenvalue weighted by atomic mass is 9.91. The lowest BCUT2D eigenvalue weighted by Gasteiger charge is -2.34. The first-order valence-electron chi connectivity index (χ1n) is 7.96. The van der Waals surface area contributed by atoms with Gasteiger partial charge in [0.15, 0.2) is 0 Å². The number of carbonyl (C=O) groups excluding carboxylic acids is 1. The van der Waals surface area contributed by atoms with Crippen LogP contribution in [0.2, 0.25) is 5.02 Å². The highest BCUT2D eigenvalue weighted by Gasteiger charge is 2.39. The summed E-state index contributed by atoms with van der Waals surface area (Å²) in [5, 5.41) is 6.63. The summed E-state index contributed by atoms with van der Waals surface area (Å²) in [5.74, 6) is 0.919. The number of hydrogen-bond acceptors (Lipinski definition) is 4. The highest BCUT2D eigenvalue weighted by atomic mass is 35.5. The second-order valence-electron chi connectivity index (χ2n) is 6.25. The predicted octanol–water partition coefficient (Wildman–Crippen LogP) is 3.50. The molecule has 1 amide bonds. The van der Waals surface area contributed by atoms with E-state index in [2.05, 4.69) is 24.5 Å². The molecule has 1 fully saturated rings. The van der Waals surface area contributed by atoms with Crippen molar-refractivity contribution in [1.29, 1.82) is 0 Å². The van der Waals surface area contributed by atoms with Crippen molar-refractivity contribution in [3.05, 3.63) is 23.2 Å². The lowest BCUT2D eigenvalue weighted by molar-refractivity contribution is -0.140. The van der Waals surface area contributed by atoms with Crippen LogP contribution in [0.15, 0.2) is 18.2 Å². The van der Waals surface area contributed by atoms with Crippen LogP contribution in [-0.2, 0) is 9.53 Å². The molecular formula is C17H26Cl2N2O3. The highest BCUT2D eigenvalue weighted by Crippen LogP contribution is 2.30. The van der Waals surface area contributed by atoms with E-state index in [4.69, 9.17) is 21.1 Å². The van der Waals surface area contributed by atoms with Gasteiger partial charge in [0.2, 0.25) is 0 Å². The number of piperidine rings is 1. The zero-order valence-electron chi connectivity index (χ0n) is 14.4. The number of carbonyl (C=O) groups is 1. The first-order valence-corrected chi connectivity index (χ1v) is 8.34. The monoisotopic (exact) mass is 376 g/mol. The fourth-order valence-electron chi connectivity index (χ4n) is 2.55. The maximum Gasteiger partial charge on any atom is 0.256 e. The normalized spacial score (nSPS) is 16.4. The molecule has 5 nitrogen and oxygen atoms in total. The summed E-state index contributed by atoms with van der Waals surface area (Å²) in [4.78, 5) is 12.6. The number of amides is 1. The fraction of sp³-hybridized carbons (Fsp3) is 0.588. The second kappa shape index (κ2) is 9.47. The molecule has 0 radical (unpaired) electrons. The van der Waals surface area contributed by atoms with E-state index in [1.807, 2.05) is 0 Å². The van der Waals surface area contributed by atoms with Crippen molar-refractivity contribution in [2.75, 3.05) is 32.1 Å². The molecule has 0 spiro atoms. The average Bonchev–Trinajstić information content (AvgIpc) is 2.54. The zero-order valence-corrected chi connectivity index (χ0v) is 15.9. The standard InChI is InChI=1S/C17H25ClN2O3.ClH/c1-12(2)11-23-15-5-4-13(10-14(15)18)20-16(21)17(22-3)6-8-19-9-7-17;/h4-5,10,12,19H,6-9,11H2,1-3H3,(H,20,21);1H. The summed E-state index contributed by atoms with van der Waals surface area (Å²) in [6.07, 6.45) is 1.30. The first kappa shape index (κ1) is 21.0. The number of hydrogen-bond donors (Lipinski definition) is 2. The van der Waals surface area contributed by atoms with Gasteiger partial charge in [-0.25, -0.2) is 0 Å². The van der Waals surface area contributed by atoms with Crippen LogP contribution in [-0.4, -0.2) is 38.3 Å². The second-order valence-corrected chi connectivity index (χ2v) is 6.66. The van der Waals surface area contributed by atoms with Crippen molar-refractivity contribution in [1.82, 2.24) is 5.32 Å². The SMILES string of the molecule is COC1(C(=O)Nc2ccc(OCC(C)C)c(Cl)c2)CCNCC1.Cl. The zero-order chi connectivity index (χ0) is 16.9. The third-order valence-electron chi connectivity index (χ3n) is 3.98. The van der Waals surface area contributed by atoms with Gasteiger partial charge in [-0.05, 0) is 50.0 Å². The molecule has 0 aromatic heterocycles. The molecule has 2 rings (SSSR count). The number of anilines is 1. The van der Waals surface area contributed by atoms with Gasteiger partial charge in [0.25, 0.3) is 5.91 Å². The predicted molar refractivity (Wildman–Crippen MR) is 99.5 cm³/mol. The minimum absolute atomic E-state index is 0. The summed E-state index contributed by atoms with van der Waals surface area (Å²) in [5.41, 5.74) is -0.128. The van der Waals surface area contributed by atoms with Gasteiger partial charge in [-0.15, -0.1) is 12.4 Å². The van der Waals surface area contributed by atoms with Crippen LogP contribution in [0.4, 0.5) is 5.69 Å². The molecule has 1 aliphatic heterocycles. The van der Waals surface area contributed by atoms with Crippen LogP contribution in [0.3, 0.4) is 0 Å². The van der Waals surface area contributed by atoms with E-state index in [9.17, 15) is 4.79 Å². The van der Waals surface area contributed by atoms with E-state index >= 15 is 0 Å². The molecule has 0 saturated carbocycles. The van der Waals surface area contributed by atoms with Gasteiger partial charge in [0, 0.05) is 12.8 Å². The number of rotatable bonds is 6. The topological polar surface area (TPSA) is 59.6 Å². The number of ether oxygens (including phenoxy) is 2. The summed E-state index contributed by atoms with van der Waals surface area (Å²) in [7, 11) is 1.58. The first-order chi connectivity index (χ1) is 11.0. The van der Waals surface area contributed by atoms with E-state index in [0.717, 1.165) is 13.1 Å². The van der Waals surface area contributed by atoms with E-state index in [0.29, 0.717) is 41.8 Å². The molecule has 2 N–H and O–H groups in total.